The molecule has 0 radical (unpaired) electrons. The molecule has 1 aromatic heterocycles. The molecule has 1 saturated heterocycles. The molecule has 1 saturated carbocycles. The molecular formula is C13H21N3S. The molecule has 1 aliphatic carbocycles. The minimum Gasteiger partial charge on any atom is -0.312 e. The topological polar surface area (TPSA) is 28.2 Å². The van der Waals surface area contributed by atoms with Crippen LogP contribution in [0.1, 0.15) is 24.3 Å². The van der Waals surface area contributed by atoms with Crippen LogP contribution in [0.3, 0.4) is 0 Å². The van der Waals surface area contributed by atoms with Crippen LogP contribution in [0.4, 0.5) is 0 Å². The van der Waals surface area contributed by atoms with Crippen molar-refractivity contribution in [2.24, 2.45) is 5.92 Å². The molecular weight excluding hydrogens is 230 g/mol. The molecule has 1 atom stereocenters. The molecule has 1 unspecified atom stereocenters. The van der Waals surface area contributed by atoms with Crippen LogP contribution in [0.15, 0.2) is 11.6 Å². The van der Waals surface area contributed by atoms with Gasteiger partial charge in [0, 0.05) is 37.1 Å². The summed E-state index contributed by atoms with van der Waals surface area (Å²) in [5, 5.41) is 7.07. The Labute approximate surface area is 107 Å². The smallest absolute Gasteiger partial charge is 0.0937 e. The van der Waals surface area contributed by atoms with Gasteiger partial charge < -0.3 is 10.2 Å². The maximum absolute atomic E-state index is 4.37. The standard InChI is InChI=1S/C13H21N3S/c1-5-14-12(11-2-3-11)10-16(7-1)8-4-13-15-6-9-17-13/h6,9,11-12,14H,1-5,7-8,10H2. The van der Waals surface area contributed by atoms with Gasteiger partial charge in [-0.2, -0.15) is 0 Å². The highest BCUT2D eigenvalue weighted by Gasteiger charge is 2.32. The summed E-state index contributed by atoms with van der Waals surface area (Å²) in [5.74, 6) is 0.968. The Kier molecular flexibility index (Phi) is 3.74. The summed E-state index contributed by atoms with van der Waals surface area (Å²) < 4.78 is 0. The summed E-state index contributed by atoms with van der Waals surface area (Å²) in [6.07, 6.45) is 7.21. The molecule has 2 aliphatic rings. The van der Waals surface area contributed by atoms with Gasteiger partial charge in [0.2, 0.25) is 0 Å². The van der Waals surface area contributed by atoms with E-state index in [1.165, 1.54) is 50.4 Å². The normalized spacial score (nSPS) is 26.9. The van der Waals surface area contributed by atoms with E-state index < -0.39 is 0 Å². The molecule has 94 valence electrons. The van der Waals surface area contributed by atoms with Crippen LogP contribution in [0.25, 0.3) is 0 Å². The molecule has 17 heavy (non-hydrogen) atoms. The second kappa shape index (κ2) is 5.46. The molecule has 1 aromatic rings. The van der Waals surface area contributed by atoms with Gasteiger partial charge in [0.05, 0.1) is 5.01 Å². The summed E-state index contributed by atoms with van der Waals surface area (Å²) >= 11 is 1.78. The molecule has 1 N–H and O–H groups in total. The largest absolute Gasteiger partial charge is 0.312 e. The van der Waals surface area contributed by atoms with Crippen LogP contribution in [-0.2, 0) is 6.42 Å². The maximum atomic E-state index is 4.37. The van der Waals surface area contributed by atoms with E-state index >= 15 is 0 Å². The van der Waals surface area contributed by atoms with Crippen LogP contribution in [0.5, 0.6) is 0 Å². The maximum Gasteiger partial charge on any atom is 0.0937 e. The number of hydrogen-bond acceptors (Lipinski definition) is 4. The molecule has 3 nitrogen and oxygen atoms in total. The number of nitrogens with one attached hydrogen (secondary N) is 1. The van der Waals surface area contributed by atoms with Crippen LogP contribution in [-0.4, -0.2) is 42.1 Å². The molecule has 2 heterocycles. The number of hydrogen-bond donors (Lipinski definition) is 1. The van der Waals surface area contributed by atoms with Gasteiger partial charge in [0.15, 0.2) is 0 Å². The quantitative estimate of drug-likeness (QED) is 0.884. The number of rotatable bonds is 4. The van der Waals surface area contributed by atoms with Crippen molar-refractivity contribution in [2.45, 2.75) is 31.7 Å². The van der Waals surface area contributed by atoms with Crippen LogP contribution >= 0.6 is 11.3 Å². The third-order valence-corrected chi connectivity index (χ3v) is 4.67. The van der Waals surface area contributed by atoms with E-state index in [1.807, 2.05) is 6.20 Å². The lowest BCUT2D eigenvalue weighted by Crippen LogP contribution is -2.39. The average molecular weight is 251 g/mol. The third-order valence-electron chi connectivity index (χ3n) is 3.83. The lowest BCUT2D eigenvalue weighted by molar-refractivity contribution is 0.261. The van der Waals surface area contributed by atoms with E-state index in [1.54, 1.807) is 11.3 Å². The first kappa shape index (κ1) is 11.6. The third kappa shape index (κ3) is 3.27. The van der Waals surface area contributed by atoms with Gasteiger partial charge in [0.1, 0.15) is 0 Å². The fourth-order valence-corrected chi connectivity index (χ4v) is 3.28. The monoisotopic (exact) mass is 251 g/mol. The Bertz CT molecular complexity index is 334. The zero-order valence-electron chi connectivity index (χ0n) is 10.3. The van der Waals surface area contributed by atoms with Gasteiger partial charge in [-0.15, -0.1) is 11.3 Å². The predicted octanol–water partition coefficient (Wildman–Crippen LogP) is 1.76. The van der Waals surface area contributed by atoms with E-state index in [4.69, 9.17) is 0 Å². The van der Waals surface area contributed by atoms with Crippen molar-refractivity contribution in [2.75, 3.05) is 26.2 Å². The first-order valence-electron chi connectivity index (χ1n) is 6.76. The SMILES string of the molecule is c1csc(CCN2CCCNC(C3CC3)C2)n1. The van der Waals surface area contributed by atoms with Crippen LogP contribution in [0.2, 0.25) is 0 Å². The summed E-state index contributed by atoms with van der Waals surface area (Å²) in [7, 11) is 0. The van der Waals surface area contributed by atoms with Crippen molar-refractivity contribution in [1.29, 1.82) is 0 Å². The number of aromatic nitrogens is 1. The van der Waals surface area contributed by atoms with Crippen molar-refractivity contribution >= 4 is 11.3 Å². The minimum atomic E-state index is 0.758. The zero-order chi connectivity index (χ0) is 11.5. The Balaban J connectivity index is 1.50. The van der Waals surface area contributed by atoms with Gasteiger partial charge >= 0.3 is 0 Å². The fourth-order valence-electron chi connectivity index (χ4n) is 2.67. The summed E-state index contributed by atoms with van der Waals surface area (Å²) in [4.78, 5) is 7.00. The van der Waals surface area contributed by atoms with Crippen molar-refractivity contribution in [3.63, 3.8) is 0 Å². The van der Waals surface area contributed by atoms with E-state index in [9.17, 15) is 0 Å². The second-order valence-corrected chi connectivity index (χ2v) is 6.21. The second-order valence-electron chi connectivity index (χ2n) is 5.23. The Hall–Kier alpha value is -0.450. The first-order valence-corrected chi connectivity index (χ1v) is 7.64. The van der Waals surface area contributed by atoms with Crippen molar-refractivity contribution in [3.05, 3.63) is 16.6 Å². The van der Waals surface area contributed by atoms with Crippen molar-refractivity contribution in [1.82, 2.24) is 15.2 Å². The summed E-state index contributed by atoms with van der Waals surface area (Å²) in [5.41, 5.74) is 0. The highest BCUT2D eigenvalue weighted by Crippen LogP contribution is 2.33. The first-order chi connectivity index (χ1) is 8.42. The molecule has 3 rings (SSSR count). The van der Waals surface area contributed by atoms with E-state index in [0.29, 0.717) is 0 Å². The van der Waals surface area contributed by atoms with Gasteiger partial charge in [-0.05, 0) is 38.3 Å². The number of thiazole rings is 1. The average Bonchev–Trinajstić information content (AvgIpc) is 3.09. The molecule has 0 aromatic carbocycles. The predicted molar refractivity (Wildman–Crippen MR) is 71.4 cm³/mol. The minimum absolute atomic E-state index is 0.758. The lowest BCUT2D eigenvalue weighted by atomic mass is 10.2. The Morgan fingerprint density at radius 1 is 1.47 bits per heavy atom. The Morgan fingerprint density at radius 3 is 3.18 bits per heavy atom. The zero-order valence-corrected chi connectivity index (χ0v) is 11.1. The number of nitrogens with zero attached hydrogens (tertiary/aromatic N) is 2. The van der Waals surface area contributed by atoms with Crippen molar-refractivity contribution in [3.8, 4) is 0 Å². The molecule has 0 bridgehead atoms. The van der Waals surface area contributed by atoms with Crippen molar-refractivity contribution < 1.29 is 0 Å². The summed E-state index contributed by atoms with van der Waals surface area (Å²) in [6, 6.07) is 0.758. The van der Waals surface area contributed by atoms with Crippen LogP contribution < -0.4 is 5.32 Å². The molecule has 0 amide bonds. The van der Waals surface area contributed by atoms with E-state index in [2.05, 4.69) is 20.6 Å². The molecule has 0 spiro atoms. The highest BCUT2D eigenvalue weighted by atomic mass is 32.1. The lowest BCUT2D eigenvalue weighted by Gasteiger charge is -2.23. The van der Waals surface area contributed by atoms with Crippen LogP contribution in [0, 0.1) is 5.92 Å². The summed E-state index contributed by atoms with van der Waals surface area (Å²) in [6.45, 7) is 4.88. The molecule has 4 heteroatoms. The van der Waals surface area contributed by atoms with E-state index in [-0.39, 0.29) is 0 Å². The van der Waals surface area contributed by atoms with Gasteiger partial charge in [-0.1, -0.05) is 0 Å². The van der Waals surface area contributed by atoms with E-state index in [0.717, 1.165) is 18.4 Å². The van der Waals surface area contributed by atoms with Gasteiger partial charge in [-0.3, -0.25) is 0 Å². The highest BCUT2D eigenvalue weighted by molar-refractivity contribution is 7.09. The Morgan fingerprint density at radius 2 is 2.41 bits per heavy atom. The fraction of sp³-hybridized carbons (Fsp3) is 0.769. The molecule has 2 fully saturated rings. The van der Waals surface area contributed by atoms with Gasteiger partial charge in [-0.25, -0.2) is 4.98 Å². The molecule has 1 aliphatic heterocycles. The van der Waals surface area contributed by atoms with Gasteiger partial charge in [0.25, 0.3) is 0 Å².